The summed E-state index contributed by atoms with van der Waals surface area (Å²) in [6.07, 6.45) is 0.491. The summed E-state index contributed by atoms with van der Waals surface area (Å²) in [6.45, 7) is 14.7. The fourth-order valence-corrected chi connectivity index (χ4v) is 2.30. The molecule has 0 spiro atoms. The Balaban J connectivity index is 4.77. The van der Waals surface area contributed by atoms with Crippen LogP contribution in [0.4, 0.5) is 0 Å². The second-order valence-corrected chi connectivity index (χ2v) is 12.4. The molecular formula is C16H29NO3Si. The van der Waals surface area contributed by atoms with Gasteiger partial charge in [0, 0.05) is 12.8 Å². The van der Waals surface area contributed by atoms with E-state index >= 15 is 0 Å². The number of aliphatic carboxylic acids is 1. The number of hydrogen-bond acceptors (Lipinski definition) is 2. The van der Waals surface area contributed by atoms with E-state index < -0.39 is 20.1 Å². The van der Waals surface area contributed by atoms with Gasteiger partial charge in [0.25, 0.3) is 0 Å². The minimum absolute atomic E-state index is 0.139. The van der Waals surface area contributed by atoms with E-state index in [9.17, 15) is 14.7 Å². The number of amides is 1. The summed E-state index contributed by atoms with van der Waals surface area (Å²) in [4.78, 5) is 22.9. The van der Waals surface area contributed by atoms with Gasteiger partial charge in [-0.15, -0.1) is 11.5 Å². The summed E-state index contributed by atoms with van der Waals surface area (Å²) in [5.41, 5.74) is 3.27. The molecule has 0 radical (unpaired) electrons. The minimum Gasteiger partial charge on any atom is -0.480 e. The van der Waals surface area contributed by atoms with Gasteiger partial charge in [0.1, 0.15) is 14.1 Å². The SMILES string of the molecule is CC(C)CC(=O)N[C@H](CC#C[Si](C)(C)C(C)(C)C)C(=O)O. The number of carbonyl (C=O) groups is 2. The van der Waals surface area contributed by atoms with Gasteiger partial charge < -0.3 is 10.4 Å². The zero-order valence-corrected chi connectivity index (χ0v) is 15.3. The summed E-state index contributed by atoms with van der Waals surface area (Å²) in [5, 5.41) is 11.9. The van der Waals surface area contributed by atoms with Crippen molar-refractivity contribution in [1.82, 2.24) is 5.32 Å². The zero-order valence-electron chi connectivity index (χ0n) is 14.3. The third-order valence-electron chi connectivity index (χ3n) is 3.81. The number of carboxylic acids is 1. The quantitative estimate of drug-likeness (QED) is 0.606. The molecule has 0 rings (SSSR count). The van der Waals surface area contributed by atoms with E-state index in [-0.39, 0.29) is 23.3 Å². The van der Waals surface area contributed by atoms with Crippen molar-refractivity contribution in [3.8, 4) is 11.5 Å². The predicted octanol–water partition coefficient (Wildman–Crippen LogP) is 3.04. The highest BCUT2D eigenvalue weighted by atomic mass is 28.3. The lowest BCUT2D eigenvalue weighted by atomic mass is 10.1. The van der Waals surface area contributed by atoms with E-state index in [1.54, 1.807) is 0 Å². The molecule has 120 valence electrons. The molecule has 21 heavy (non-hydrogen) atoms. The highest BCUT2D eigenvalue weighted by molar-refractivity contribution is 6.87. The lowest BCUT2D eigenvalue weighted by Crippen LogP contribution is -2.41. The number of rotatable bonds is 5. The van der Waals surface area contributed by atoms with Crippen molar-refractivity contribution in [3.63, 3.8) is 0 Å². The molecule has 0 aromatic carbocycles. The van der Waals surface area contributed by atoms with Crippen LogP contribution in [0.25, 0.3) is 0 Å². The van der Waals surface area contributed by atoms with E-state index in [1.807, 2.05) is 13.8 Å². The van der Waals surface area contributed by atoms with Crippen molar-refractivity contribution in [2.24, 2.45) is 5.92 Å². The summed E-state index contributed by atoms with van der Waals surface area (Å²) >= 11 is 0. The van der Waals surface area contributed by atoms with Gasteiger partial charge in [-0.2, -0.15) is 0 Å². The molecule has 0 saturated carbocycles. The van der Waals surface area contributed by atoms with Gasteiger partial charge in [0.05, 0.1) is 0 Å². The third kappa shape index (κ3) is 7.33. The Bertz CT molecular complexity index is 439. The van der Waals surface area contributed by atoms with Crippen molar-refractivity contribution < 1.29 is 14.7 Å². The summed E-state index contributed by atoms with van der Waals surface area (Å²) in [7, 11) is -1.74. The molecule has 0 aromatic heterocycles. The van der Waals surface area contributed by atoms with Crippen LogP contribution in [-0.4, -0.2) is 31.1 Å². The van der Waals surface area contributed by atoms with Crippen LogP contribution in [0.2, 0.25) is 18.1 Å². The zero-order chi connectivity index (χ0) is 16.8. The van der Waals surface area contributed by atoms with E-state index in [2.05, 4.69) is 50.6 Å². The molecule has 2 N–H and O–H groups in total. The largest absolute Gasteiger partial charge is 0.480 e. The Kier molecular flexibility index (Phi) is 7.18. The standard InChI is InChI=1S/C16H29NO3Si/c1-12(2)11-14(18)17-13(15(19)20)9-8-10-21(6,7)16(3,4)5/h12-13H,9,11H2,1-7H3,(H,17,18)(H,19,20)/t13-/m1/s1. The van der Waals surface area contributed by atoms with E-state index in [1.165, 1.54) is 0 Å². The fraction of sp³-hybridized carbons (Fsp3) is 0.750. The molecule has 0 aliphatic heterocycles. The molecule has 4 nitrogen and oxygen atoms in total. The van der Waals surface area contributed by atoms with Crippen LogP contribution >= 0.6 is 0 Å². The van der Waals surface area contributed by atoms with Crippen molar-refractivity contribution in [3.05, 3.63) is 0 Å². The Hall–Kier alpha value is -1.28. The van der Waals surface area contributed by atoms with E-state index in [4.69, 9.17) is 0 Å². The summed E-state index contributed by atoms with van der Waals surface area (Å²) in [6, 6.07) is -0.923. The number of nitrogens with one attached hydrogen (secondary N) is 1. The summed E-state index contributed by atoms with van der Waals surface area (Å²) in [5.74, 6) is 1.93. The van der Waals surface area contributed by atoms with Gasteiger partial charge in [-0.1, -0.05) is 47.7 Å². The van der Waals surface area contributed by atoms with Gasteiger partial charge in [-0.05, 0) is 11.0 Å². The molecular weight excluding hydrogens is 282 g/mol. The fourth-order valence-electron chi connectivity index (χ4n) is 1.39. The summed E-state index contributed by atoms with van der Waals surface area (Å²) < 4.78 is 0. The molecule has 0 heterocycles. The molecule has 1 atom stereocenters. The van der Waals surface area contributed by atoms with Crippen LogP contribution in [0, 0.1) is 17.4 Å². The molecule has 5 heteroatoms. The third-order valence-corrected chi connectivity index (χ3v) is 8.36. The van der Waals surface area contributed by atoms with Crippen LogP contribution in [-0.2, 0) is 9.59 Å². The smallest absolute Gasteiger partial charge is 0.327 e. The van der Waals surface area contributed by atoms with Crippen LogP contribution in [0.15, 0.2) is 0 Å². The molecule has 0 aromatic rings. The average molecular weight is 311 g/mol. The monoisotopic (exact) mass is 311 g/mol. The van der Waals surface area contributed by atoms with Gasteiger partial charge in [0.2, 0.25) is 5.91 Å². The predicted molar refractivity (Wildman–Crippen MR) is 88.6 cm³/mol. The van der Waals surface area contributed by atoms with Crippen LogP contribution in [0.3, 0.4) is 0 Å². The van der Waals surface area contributed by atoms with Gasteiger partial charge in [0.15, 0.2) is 0 Å². The Morgan fingerprint density at radius 3 is 2.14 bits per heavy atom. The van der Waals surface area contributed by atoms with Crippen molar-refractivity contribution in [1.29, 1.82) is 0 Å². The van der Waals surface area contributed by atoms with Crippen molar-refractivity contribution >= 4 is 20.0 Å². The van der Waals surface area contributed by atoms with Crippen LogP contribution < -0.4 is 5.32 Å². The maximum Gasteiger partial charge on any atom is 0.327 e. The first kappa shape index (κ1) is 19.7. The lowest BCUT2D eigenvalue weighted by Gasteiger charge is -2.31. The molecule has 0 aliphatic carbocycles. The van der Waals surface area contributed by atoms with E-state index in [0.717, 1.165) is 0 Å². The first-order valence-corrected chi connectivity index (χ1v) is 10.4. The van der Waals surface area contributed by atoms with Gasteiger partial charge in [-0.3, -0.25) is 4.79 Å². The van der Waals surface area contributed by atoms with Crippen molar-refractivity contribution in [2.45, 2.75) is 71.6 Å². The second kappa shape index (κ2) is 7.65. The topological polar surface area (TPSA) is 66.4 Å². The first-order chi connectivity index (χ1) is 9.36. The Morgan fingerprint density at radius 2 is 1.76 bits per heavy atom. The highest BCUT2D eigenvalue weighted by Gasteiger charge is 2.33. The minimum atomic E-state index is -1.74. The maximum absolute atomic E-state index is 11.7. The Morgan fingerprint density at radius 1 is 1.24 bits per heavy atom. The highest BCUT2D eigenvalue weighted by Crippen LogP contribution is 2.35. The molecule has 0 saturated heterocycles. The number of carboxylic acid groups (broad SMARTS) is 1. The number of carbonyl (C=O) groups excluding carboxylic acids is 1. The normalized spacial score (nSPS) is 13.3. The van der Waals surface area contributed by atoms with Crippen LogP contribution in [0.1, 0.15) is 47.5 Å². The first-order valence-electron chi connectivity index (χ1n) is 7.39. The van der Waals surface area contributed by atoms with Crippen LogP contribution in [0.5, 0.6) is 0 Å². The molecule has 0 fully saturated rings. The number of hydrogen-bond donors (Lipinski definition) is 2. The molecule has 0 unspecified atom stereocenters. The van der Waals surface area contributed by atoms with Gasteiger partial charge >= 0.3 is 5.97 Å². The molecule has 0 bridgehead atoms. The van der Waals surface area contributed by atoms with Crippen molar-refractivity contribution in [2.75, 3.05) is 0 Å². The second-order valence-electron chi connectivity index (χ2n) is 7.44. The molecule has 0 aliphatic rings. The lowest BCUT2D eigenvalue weighted by molar-refractivity contribution is -0.141. The average Bonchev–Trinajstić information content (AvgIpc) is 2.24. The Labute approximate surface area is 129 Å². The van der Waals surface area contributed by atoms with Gasteiger partial charge in [-0.25, -0.2) is 4.79 Å². The van der Waals surface area contributed by atoms with E-state index in [0.29, 0.717) is 6.42 Å². The molecule has 1 amide bonds. The maximum atomic E-state index is 11.7.